The Bertz CT molecular complexity index is 256. The lowest BCUT2D eigenvalue weighted by Crippen LogP contribution is -2.47. The second-order valence-corrected chi connectivity index (χ2v) is 6.53. The average molecular weight is 300 g/mol. The SMILES string of the molecule is CCNC(CN(CCC(C)C)CCC(C)C)C(=O)OCC. The molecule has 0 bridgehead atoms. The molecular formula is C17H36N2O2. The van der Waals surface area contributed by atoms with Gasteiger partial charge in [0.15, 0.2) is 0 Å². The highest BCUT2D eigenvalue weighted by Gasteiger charge is 2.22. The van der Waals surface area contributed by atoms with E-state index in [1.807, 2.05) is 13.8 Å². The summed E-state index contributed by atoms with van der Waals surface area (Å²) in [5, 5.41) is 3.26. The fourth-order valence-corrected chi connectivity index (χ4v) is 2.15. The van der Waals surface area contributed by atoms with Crippen molar-refractivity contribution < 1.29 is 9.53 Å². The van der Waals surface area contributed by atoms with Gasteiger partial charge in [0.1, 0.15) is 6.04 Å². The second kappa shape index (κ2) is 12.0. The minimum Gasteiger partial charge on any atom is -0.465 e. The maximum Gasteiger partial charge on any atom is 0.324 e. The minimum absolute atomic E-state index is 0.126. The summed E-state index contributed by atoms with van der Waals surface area (Å²) in [7, 11) is 0. The molecule has 1 N–H and O–H groups in total. The zero-order valence-corrected chi connectivity index (χ0v) is 14.9. The van der Waals surface area contributed by atoms with Crippen molar-refractivity contribution in [2.75, 3.05) is 32.8 Å². The number of likely N-dealkylation sites (N-methyl/N-ethyl adjacent to an activating group) is 1. The number of hydrogen-bond acceptors (Lipinski definition) is 4. The zero-order valence-electron chi connectivity index (χ0n) is 14.9. The van der Waals surface area contributed by atoms with Crippen molar-refractivity contribution in [1.82, 2.24) is 10.2 Å². The van der Waals surface area contributed by atoms with Gasteiger partial charge in [0.05, 0.1) is 6.61 Å². The molecule has 1 atom stereocenters. The van der Waals surface area contributed by atoms with Crippen molar-refractivity contribution in [2.24, 2.45) is 11.8 Å². The summed E-state index contributed by atoms with van der Waals surface area (Å²) in [5.74, 6) is 1.25. The summed E-state index contributed by atoms with van der Waals surface area (Å²) < 4.78 is 5.18. The topological polar surface area (TPSA) is 41.6 Å². The van der Waals surface area contributed by atoms with Crippen LogP contribution in [0.25, 0.3) is 0 Å². The number of rotatable bonds is 12. The molecule has 0 heterocycles. The Balaban J connectivity index is 4.56. The second-order valence-electron chi connectivity index (χ2n) is 6.53. The van der Waals surface area contributed by atoms with Crippen LogP contribution in [0.2, 0.25) is 0 Å². The van der Waals surface area contributed by atoms with E-state index in [0.717, 1.165) is 26.2 Å². The maximum absolute atomic E-state index is 12.0. The number of hydrogen-bond donors (Lipinski definition) is 1. The van der Waals surface area contributed by atoms with E-state index in [-0.39, 0.29) is 12.0 Å². The van der Waals surface area contributed by atoms with Crippen LogP contribution in [0.5, 0.6) is 0 Å². The molecule has 0 radical (unpaired) electrons. The van der Waals surface area contributed by atoms with Gasteiger partial charge >= 0.3 is 5.97 Å². The first-order chi connectivity index (χ1) is 9.90. The zero-order chi connectivity index (χ0) is 16.3. The van der Waals surface area contributed by atoms with Crippen molar-refractivity contribution >= 4 is 5.97 Å². The van der Waals surface area contributed by atoms with Gasteiger partial charge in [-0.05, 0) is 51.2 Å². The molecule has 0 spiro atoms. The summed E-state index contributed by atoms with van der Waals surface area (Å²) in [6.07, 6.45) is 2.33. The van der Waals surface area contributed by atoms with Crippen LogP contribution in [0.15, 0.2) is 0 Å². The van der Waals surface area contributed by atoms with Gasteiger partial charge in [-0.15, -0.1) is 0 Å². The van der Waals surface area contributed by atoms with Crippen LogP contribution >= 0.6 is 0 Å². The molecule has 126 valence electrons. The maximum atomic E-state index is 12.0. The third-order valence-corrected chi connectivity index (χ3v) is 3.51. The van der Waals surface area contributed by atoms with E-state index in [9.17, 15) is 4.79 Å². The lowest BCUT2D eigenvalue weighted by atomic mass is 10.1. The lowest BCUT2D eigenvalue weighted by Gasteiger charge is -2.28. The standard InChI is InChI=1S/C17H36N2O2/c1-7-18-16(17(20)21-8-2)13-19(11-9-14(3)4)12-10-15(5)6/h14-16,18H,7-13H2,1-6H3. The van der Waals surface area contributed by atoms with E-state index in [0.29, 0.717) is 18.4 Å². The number of nitrogens with zero attached hydrogens (tertiary/aromatic N) is 1. The molecule has 0 saturated heterocycles. The average Bonchev–Trinajstić information content (AvgIpc) is 2.40. The monoisotopic (exact) mass is 300 g/mol. The highest BCUT2D eigenvalue weighted by molar-refractivity contribution is 5.76. The molecule has 21 heavy (non-hydrogen) atoms. The largest absolute Gasteiger partial charge is 0.465 e. The molecule has 0 fully saturated rings. The molecule has 0 aromatic carbocycles. The smallest absolute Gasteiger partial charge is 0.324 e. The van der Waals surface area contributed by atoms with Gasteiger partial charge in [-0.1, -0.05) is 34.6 Å². The number of carbonyl (C=O) groups excluding carboxylic acids is 1. The van der Waals surface area contributed by atoms with Crippen molar-refractivity contribution in [1.29, 1.82) is 0 Å². The number of nitrogens with one attached hydrogen (secondary N) is 1. The van der Waals surface area contributed by atoms with Gasteiger partial charge in [-0.2, -0.15) is 0 Å². The van der Waals surface area contributed by atoms with Crippen LogP contribution in [0.4, 0.5) is 0 Å². The van der Waals surface area contributed by atoms with Crippen molar-refractivity contribution in [3.8, 4) is 0 Å². The Morgan fingerprint density at radius 1 is 1.05 bits per heavy atom. The quantitative estimate of drug-likeness (QED) is 0.563. The molecule has 4 heteroatoms. The van der Waals surface area contributed by atoms with Gasteiger partial charge in [0.25, 0.3) is 0 Å². The molecule has 0 amide bonds. The normalized spacial score (nSPS) is 13.2. The predicted octanol–water partition coefficient (Wildman–Crippen LogP) is 2.92. The van der Waals surface area contributed by atoms with Gasteiger partial charge in [0, 0.05) is 6.54 Å². The fraction of sp³-hybridized carbons (Fsp3) is 0.941. The van der Waals surface area contributed by atoms with E-state index < -0.39 is 0 Å². The van der Waals surface area contributed by atoms with Crippen LogP contribution in [-0.2, 0) is 9.53 Å². The first-order valence-corrected chi connectivity index (χ1v) is 8.52. The molecular weight excluding hydrogens is 264 g/mol. The highest BCUT2D eigenvalue weighted by Crippen LogP contribution is 2.08. The third kappa shape index (κ3) is 10.7. The van der Waals surface area contributed by atoms with Gasteiger partial charge in [0.2, 0.25) is 0 Å². The molecule has 0 aliphatic heterocycles. The van der Waals surface area contributed by atoms with Crippen molar-refractivity contribution in [2.45, 2.75) is 60.4 Å². The Hall–Kier alpha value is -0.610. The van der Waals surface area contributed by atoms with Crippen LogP contribution in [0, 0.1) is 11.8 Å². The van der Waals surface area contributed by atoms with Crippen molar-refractivity contribution in [3.05, 3.63) is 0 Å². The highest BCUT2D eigenvalue weighted by atomic mass is 16.5. The van der Waals surface area contributed by atoms with Crippen LogP contribution < -0.4 is 5.32 Å². The summed E-state index contributed by atoms with van der Waals surface area (Å²) in [4.78, 5) is 14.4. The Morgan fingerprint density at radius 2 is 1.57 bits per heavy atom. The Kier molecular flexibility index (Phi) is 11.6. The minimum atomic E-state index is -0.214. The first-order valence-electron chi connectivity index (χ1n) is 8.52. The van der Waals surface area contributed by atoms with Gasteiger partial charge < -0.3 is 15.0 Å². The summed E-state index contributed by atoms with van der Waals surface area (Å²) in [5.41, 5.74) is 0. The summed E-state index contributed by atoms with van der Waals surface area (Å²) >= 11 is 0. The number of esters is 1. The van der Waals surface area contributed by atoms with Crippen LogP contribution in [0.1, 0.15) is 54.4 Å². The van der Waals surface area contributed by atoms with E-state index in [4.69, 9.17) is 4.74 Å². The molecule has 4 nitrogen and oxygen atoms in total. The van der Waals surface area contributed by atoms with E-state index in [2.05, 4.69) is 37.9 Å². The van der Waals surface area contributed by atoms with Gasteiger partial charge in [-0.3, -0.25) is 4.79 Å². The molecule has 0 aliphatic rings. The first kappa shape index (κ1) is 20.4. The predicted molar refractivity (Wildman–Crippen MR) is 89.4 cm³/mol. The Labute approximate surface area is 131 Å². The molecule has 0 aliphatic carbocycles. The fourth-order valence-electron chi connectivity index (χ4n) is 2.15. The lowest BCUT2D eigenvalue weighted by molar-refractivity contribution is -0.146. The van der Waals surface area contributed by atoms with Crippen molar-refractivity contribution in [3.63, 3.8) is 0 Å². The Morgan fingerprint density at radius 3 is 1.95 bits per heavy atom. The third-order valence-electron chi connectivity index (χ3n) is 3.51. The van der Waals surface area contributed by atoms with E-state index in [1.165, 1.54) is 12.8 Å². The molecule has 1 unspecified atom stereocenters. The number of ether oxygens (including phenoxy) is 1. The van der Waals surface area contributed by atoms with Crippen LogP contribution in [-0.4, -0.2) is 49.7 Å². The van der Waals surface area contributed by atoms with E-state index >= 15 is 0 Å². The number of carbonyl (C=O) groups is 1. The molecule has 0 rings (SSSR count). The summed E-state index contributed by atoms with van der Waals surface area (Å²) in [6, 6.07) is -0.214. The molecule has 0 aromatic rings. The van der Waals surface area contributed by atoms with Crippen LogP contribution in [0.3, 0.4) is 0 Å². The molecule has 0 saturated carbocycles. The molecule has 0 aromatic heterocycles. The summed E-state index contributed by atoms with van der Waals surface area (Å²) in [6.45, 7) is 16.9. The van der Waals surface area contributed by atoms with E-state index in [1.54, 1.807) is 0 Å². The van der Waals surface area contributed by atoms with Gasteiger partial charge in [-0.25, -0.2) is 0 Å².